The molecule has 0 radical (unpaired) electrons. The van der Waals surface area contributed by atoms with Crippen molar-refractivity contribution in [2.45, 2.75) is 6.43 Å². The van der Waals surface area contributed by atoms with Crippen molar-refractivity contribution in [2.75, 3.05) is 0 Å². The minimum Gasteiger partial charge on any atom is -0.477 e. The zero-order valence-electron chi connectivity index (χ0n) is 10.1. The molecule has 3 nitrogen and oxygen atoms in total. The van der Waals surface area contributed by atoms with E-state index >= 15 is 0 Å². The van der Waals surface area contributed by atoms with E-state index in [4.69, 9.17) is 5.11 Å². The van der Waals surface area contributed by atoms with Gasteiger partial charge in [0.05, 0.1) is 5.56 Å². The van der Waals surface area contributed by atoms with Crippen LogP contribution < -0.4 is 0 Å². The predicted molar refractivity (Wildman–Crippen MR) is 61.5 cm³/mol. The molecular weight excluding hydrogens is 297 g/mol. The summed E-state index contributed by atoms with van der Waals surface area (Å²) in [5, 5.41) is 8.74. The molecule has 110 valence electrons. The van der Waals surface area contributed by atoms with Crippen LogP contribution in [-0.2, 0) is 0 Å². The number of carboxylic acid groups (broad SMARTS) is 1. The van der Waals surface area contributed by atoms with Crippen LogP contribution in [0.25, 0.3) is 11.3 Å². The van der Waals surface area contributed by atoms with Gasteiger partial charge in [-0.25, -0.2) is 31.7 Å². The maximum absolute atomic E-state index is 13.9. The highest BCUT2D eigenvalue weighted by Crippen LogP contribution is 2.32. The summed E-state index contributed by atoms with van der Waals surface area (Å²) in [6.07, 6.45) is -3.45. The number of nitrogens with zero attached hydrogens (tertiary/aromatic N) is 1. The summed E-state index contributed by atoms with van der Waals surface area (Å²) in [5.41, 5.74) is -3.65. The Balaban J connectivity index is 2.70. The molecule has 21 heavy (non-hydrogen) atoms. The Kier molecular flexibility index (Phi) is 3.88. The Morgan fingerprint density at radius 3 is 2.24 bits per heavy atom. The second-order valence-electron chi connectivity index (χ2n) is 3.96. The molecule has 2 rings (SSSR count). The van der Waals surface area contributed by atoms with Crippen LogP contribution in [0.1, 0.15) is 22.5 Å². The van der Waals surface area contributed by atoms with E-state index in [0.29, 0.717) is 18.2 Å². The first-order valence-corrected chi connectivity index (χ1v) is 5.49. The molecule has 0 saturated heterocycles. The summed E-state index contributed by atoms with van der Waals surface area (Å²) in [4.78, 5) is 14.1. The van der Waals surface area contributed by atoms with Crippen molar-refractivity contribution in [2.24, 2.45) is 0 Å². The van der Waals surface area contributed by atoms with Crippen molar-refractivity contribution in [3.05, 3.63) is 53.0 Å². The van der Waals surface area contributed by atoms with E-state index in [-0.39, 0.29) is 0 Å². The fourth-order valence-electron chi connectivity index (χ4n) is 1.70. The van der Waals surface area contributed by atoms with Crippen LogP contribution in [0.2, 0.25) is 0 Å². The normalized spacial score (nSPS) is 11.0. The molecule has 1 N–H and O–H groups in total. The SMILES string of the molecule is O=C(O)c1ccc(F)c(-c2ccc(F)c(C(F)F)c2F)n1. The number of pyridine rings is 1. The molecule has 1 heterocycles. The fraction of sp³-hybridized carbons (Fsp3) is 0.0769. The number of carbonyl (C=O) groups is 1. The van der Waals surface area contributed by atoms with Gasteiger partial charge in [0.25, 0.3) is 6.43 Å². The quantitative estimate of drug-likeness (QED) is 0.877. The Morgan fingerprint density at radius 1 is 1.05 bits per heavy atom. The summed E-state index contributed by atoms with van der Waals surface area (Å²) in [5.74, 6) is -5.79. The van der Waals surface area contributed by atoms with E-state index < -0.39 is 52.4 Å². The van der Waals surface area contributed by atoms with Crippen LogP contribution in [0.15, 0.2) is 24.3 Å². The van der Waals surface area contributed by atoms with E-state index in [2.05, 4.69) is 4.98 Å². The highest BCUT2D eigenvalue weighted by Gasteiger charge is 2.24. The number of alkyl halides is 2. The van der Waals surface area contributed by atoms with Crippen molar-refractivity contribution < 1.29 is 31.9 Å². The zero-order chi connectivity index (χ0) is 15.7. The molecule has 1 aromatic heterocycles. The molecule has 0 atom stereocenters. The number of aromatic nitrogens is 1. The number of aromatic carboxylic acids is 1. The highest BCUT2D eigenvalue weighted by molar-refractivity contribution is 5.86. The van der Waals surface area contributed by atoms with Crippen LogP contribution in [0, 0.1) is 17.5 Å². The van der Waals surface area contributed by atoms with Crippen molar-refractivity contribution in [3.63, 3.8) is 0 Å². The van der Waals surface area contributed by atoms with E-state index in [0.717, 1.165) is 6.07 Å². The Bertz CT molecular complexity index is 718. The van der Waals surface area contributed by atoms with Gasteiger partial charge in [-0.05, 0) is 24.3 Å². The molecule has 0 fully saturated rings. The van der Waals surface area contributed by atoms with Crippen LogP contribution in [-0.4, -0.2) is 16.1 Å². The van der Waals surface area contributed by atoms with Gasteiger partial charge in [0.2, 0.25) is 0 Å². The summed E-state index contributed by atoms with van der Waals surface area (Å²) in [6.45, 7) is 0. The van der Waals surface area contributed by atoms with Gasteiger partial charge in [-0.3, -0.25) is 0 Å². The Labute approximate surface area is 114 Å². The molecule has 2 aromatic rings. The zero-order valence-corrected chi connectivity index (χ0v) is 10.1. The lowest BCUT2D eigenvalue weighted by Gasteiger charge is -2.10. The first kappa shape index (κ1) is 14.9. The first-order valence-electron chi connectivity index (χ1n) is 5.49. The number of carboxylic acids is 1. The summed E-state index contributed by atoms with van der Waals surface area (Å²) >= 11 is 0. The minimum absolute atomic E-state index is 0.536. The van der Waals surface area contributed by atoms with Crippen LogP contribution in [0.5, 0.6) is 0 Å². The largest absolute Gasteiger partial charge is 0.477 e. The van der Waals surface area contributed by atoms with Gasteiger partial charge < -0.3 is 5.11 Å². The molecule has 0 bridgehead atoms. The topological polar surface area (TPSA) is 50.2 Å². The van der Waals surface area contributed by atoms with Gasteiger partial charge in [-0.2, -0.15) is 0 Å². The third-order valence-electron chi connectivity index (χ3n) is 2.67. The molecule has 1 aromatic carbocycles. The van der Waals surface area contributed by atoms with Crippen molar-refractivity contribution in [3.8, 4) is 11.3 Å². The maximum atomic E-state index is 13.9. The first-order chi connectivity index (χ1) is 9.82. The van der Waals surface area contributed by atoms with Crippen molar-refractivity contribution in [1.82, 2.24) is 4.98 Å². The molecule has 0 aliphatic carbocycles. The van der Waals surface area contributed by atoms with Gasteiger partial charge in [-0.1, -0.05) is 0 Å². The Morgan fingerprint density at radius 2 is 1.67 bits per heavy atom. The standard InChI is InChI=1S/C13H6F5NO2/c14-6-2-1-5(10(16)9(6)12(17)18)11-7(15)3-4-8(19-11)13(20)21/h1-4,12H,(H,20,21). The van der Waals surface area contributed by atoms with Crippen LogP contribution in [0.4, 0.5) is 22.0 Å². The van der Waals surface area contributed by atoms with Gasteiger partial charge in [-0.15, -0.1) is 0 Å². The third-order valence-corrected chi connectivity index (χ3v) is 2.67. The van der Waals surface area contributed by atoms with Crippen LogP contribution >= 0.6 is 0 Å². The lowest BCUT2D eigenvalue weighted by molar-refractivity contribution is 0.0690. The average Bonchev–Trinajstić information content (AvgIpc) is 2.39. The monoisotopic (exact) mass is 303 g/mol. The summed E-state index contributed by atoms with van der Waals surface area (Å²) in [6, 6.07) is 2.79. The second-order valence-corrected chi connectivity index (χ2v) is 3.96. The number of hydrogen-bond donors (Lipinski definition) is 1. The van der Waals surface area contributed by atoms with Gasteiger partial charge in [0.1, 0.15) is 28.8 Å². The molecule has 0 aliphatic rings. The molecule has 0 saturated carbocycles. The molecule has 8 heteroatoms. The minimum atomic E-state index is -3.45. The average molecular weight is 303 g/mol. The summed E-state index contributed by atoms with van der Waals surface area (Å²) < 4.78 is 65.9. The third kappa shape index (κ3) is 2.69. The number of hydrogen-bond acceptors (Lipinski definition) is 2. The Hall–Kier alpha value is -2.51. The van der Waals surface area contributed by atoms with Gasteiger partial charge in [0, 0.05) is 5.56 Å². The molecule has 0 amide bonds. The number of benzene rings is 1. The molecule has 0 spiro atoms. The van der Waals surface area contributed by atoms with Crippen LogP contribution in [0.3, 0.4) is 0 Å². The van der Waals surface area contributed by atoms with Crippen molar-refractivity contribution in [1.29, 1.82) is 0 Å². The lowest BCUT2D eigenvalue weighted by atomic mass is 10.0. The second kappa shape index (κ2) is 5.47. The highest BCUT2D eigenvalue weighted by atomic mass is 19.3. The van der Waals surface area contributed by atoms with E-state index in [9.17, 15) is 26.7 Å². The van der Waals surface area contributed by atoms with E-state index in [1.807, 2.05) is 0 Å². The van der Waals surface area contributed by atoms with Gasteiger partial charge >= 0.3 is 5.97 Å². The lowest BCUT2D eigenvalue weighted by Crippen LogP contribution is -2.05. The molecule has 0 unspecified atom stereocenters. The van der Waals surface area contributed by atoms with Gasteiger partial charge in [0.15, 0.2) is 0 Å². The summed E-state index contributed by atoms with van der Waals surface area (Å²) in [7, 11) is 0. The number of halogens is 5. The smallest absolute Gasteiger partial charge is 0.354 e. The van der Waals surface area contributed by atoms with Crippen molar-refractivity contribution >= 4 is 5.97 Å². The maximum Gasteiger partial charge on any atom is 0.354 e. The fourth-order valence-corrected chi connectivity index (χ4v) is 1.70. The van der Waals surface area contributed by atoms with E-state index in [1.54, 1.807) is 0 Å². The molecule has 0 aliphatic heterocycles. The number of rotatable bonds is 3. The van der Waals surface area contributed by atoms with E-state index in [1.165, 1.54) is 0 Å². The predicted octanol–water partition coefficient (Wildman–Crippen LogP) is 3.80. The molecular formula is C13H6F5NO2.